The van der Waals surface area contributed by atoms with Gasteiger partial charge in [-0.05, 0) is 24.6 Å². The van der Waals surface area contributed by atoms with Gasteiger partial charge < -0.3 is 0 Å². The van der Waals surface area contributed by atoms with E-state index in [-0.39, 0.29) is 0 Å². The summed E-state index contributed by atoms with van der Waals surface area (Å²) in [7, 11) is -3.43. The summed E-state index contributed by atoms with van der Waals surface area (Å²) in [6, 6.07) is 14.3. The summed E-state index contributed by atoms with van der Waals surface area (Å²) in [5.74, 6) is 0. The van der Waals surface area contributed by atoms with E-state index in [1.165, 1.54) is 11.3 Å². The number of rotatable bonds is 2. The Labute approximate surface area is 116 Å². The van der Waals surface area contributed by atoms with Crippen molar-refractivity contribution in [3.63, 3.8) is 0 Å². The van der Waals surface area contributed by atoms with Gasteiger partial charge in [-0.1, -0.05) is 36.4 Å². The maximum Gasteiger partial charge on any atom is 0.208 e. The van der Waals surface area contributed by atoms with E-state index in [0.717, 1.165) is 15.6 Å². The van der Waals surface area contributed by atoms with Crippen molar-refractivity contribution in [1.29, 1.82) is 0 Å². The fourth-order valence-electron chi connectivity index (χ4n) is 2.11. The summed E-state index contributed by atoms with van der Waals surface area (Å²) in [6.45, 7) is 2.00. The van der Waals surface area contributed by atoms with E-state index < -0.39 is 9.84 Å². The van der Waals surface area contributed by atoms with Gasteiger partial charge in [0.25, 0.3) is 0 Å². The first-order valence-electron chi connectivity index (χ1n) is 5.87. The third kappa shape index (κ3) is 1.97. The molecule has 2 aromatic carbocycles. The lowest BCUT2D eigenvalue weighted by Crippen LogP contribution is -2.00. The average molecular weight is 288 g/mol. The monoisotopic (exact) mass is 288 g/mol. The second-order valence-electron chi connectivity index (χ2n) is 4.37. The van der Waals surface area contributed by atoms with Crippen molar-refractivity contribution in [3.05, 3.63) is 59.5 Å². The summed E-state index contributed by atoms with van der Waals surface area (Å²) in [4.78, 5) is 0.749. The fraction of sp³-hybridized carbons (Fsp3) is 0.0667. The molecule has 0 amide bonds. The molecule has 2 nitrogen and oxygen atoms in total. The Morgan fingerprint density at radius 3 is 2.42 bits per heavy atom. The Morgan fingerprint density at radius 1 is 0.947 bits per heavy atom. The zero-order valence-corrected chi connectivity index (χ0v) is 12.0. The summed E-state index contributed by atoms with van der Waals surface area (Å²) in [6.07, 6.45) is 0. The normalized spacial score (nSPS) is 11.8. The molecule has 0 atom stereocenters. The minimum absolute atomic E-state index is 0.344. The van der Waals surface area contributed by atoms with Crippen molar-refractivity contribution in [2.75, 3.05) is 0 Å². The third-order valence-corrected chi connectivity index (χ3v) is 6.19. The van der Waals surface area contributed by atoms with Gasteiger partial charge in [0.05, 0.1) is 9.79 Å². The second-order valence-corrected chi connectivity index (χ2v) is 7.17. The van der Waals surface area contributed by atoms with Crippen molar-refractivity contribution in [2.24, 2.45) is 0 Å². The van der Waals surface area contributed by atoms with Crippen LogP contribution in [0.25, 0.3) is 10.1 Å². The SMILES string of the molecule is Cc1cccc2c(S(=O)(=O)c3ccccc3)csc12. The highest BCUT2D eigenvalue weighted by atomic mass is 32.2. The van der Waals surface area contributed by atoms with Gasteiger partial charge in [-0.25, -0.2) is 8.42 Å². The topological polar surface area (TPSA) is 34.1 Å². The van der Waals surface area contributed by atoms with Crippen LogP contribution in [0.3, 0.4) is 0 Å². The molecule has 19 heavy (non-hydrogen) atoms. The Bertz CT molecular complexity index is 831. The first-order valence-corrected chi connectivity index (χ1v) is 8.24. The highest BCUT2D eigenvalue weighted by Crippen LogP contribution is 2.34. The maximum atomic E-state index is 12.6. The van der Waals surface area contributed by atoms with Crippen LogP contribution in [0.4, 0.5) is 0 Å². The van der Waals surface area contributed by atoms with Crippen molar-refractivity contribution in [1.82, 2.24) is 0 Å². The number of fused-ring (bicyclic) bond motifs is 1. The average Bonchev–Trinajstić information content (AvgIpc) is 2.86. The van der Waals surface area contributed by atoms with E-state index in [1.807, 2.05) is 31.2 Å². The number of aryl methyl sites for hydroxylation is 1. The van der Waals surface area contributed by atoms with Gasteiger partial charge >= 0.3 is 0 Å². The van der Waals surface area contributed by atoms with Crippen LogP contribution in [0.1, 0.15) is 5.56 Å². The van der Waals surface area contributed by atoms with Crippen molar-refractivity contribution in [3.8, 4) is 0 Å². The van der Waals surface area contributed by atoms with E-state index in [2.05, 4.69) is 0 Å². The van der Waals surface area contributed by atoms with Crippen LogP contribution in [0.5, 0.6) is 0 Å². The fourth-order valence-corrected chi connectivity index (χ4v) is 4.97. The second kappa shape index (κ2) is 4.47. The van der Waals surface area contributed by atoms with Crippen LogP contribution in [0, 0.1) is 6.92 Å². The lowest BCUT2D eigenvalue weighted by atomic mass is 10.2. The Morgan fingerprint density at radius 2 is 1.68 bits per heavy atom. The van der Waals surface area contributed by atoms with Gasteiger partial charge in [-0.15, -0.1) is 11.3 Å². The standard InChI is InChI=1S/C15H12O2S2/c1-11-6-5-9-13-14(10-18-15(11)13)19(16,17)12-7-3-2-4-8-12/h2-10H,1H3. The van der Waals surface area contributed by atoms with Crippen molar-refractivity contribution >= 4 is 31.3 Å². The largest absolute Gasteiger partial charge is 0.218 e. The van der Waals surface area contributed by atoms with Crippen LogP contribution in [0.2, 0.25) is 0 Å². The number of thiophene rings is 1. The number of hydrogen-bond donors (Lipinski definition) is 0. The van der Waals surface area contributed by atoms with E-state index in [4.69, 9.17) is 0 Å². The van der Waals surface area contributed by atoms with Crippen LogP contribution in [-0.4, -0.2) is 8.42 Å². The molecule has 0 unspecified atom stereocenters. The van der Waals surface area contributed by atoms with Gasteiger partial charge in [-0.3, -0.25) is 0 Å². The zero-order valence-electron chi connectivity index (χ0n) is 10.3. The molecule has 3 aromatic rings. The summed E-state index contributed by atoms with van der Waals surface area (Å²) in [5, 5.41) is 2.55. The van der Waals surface area contributed by atoms with Crippen molar-refractivity contribution < 1.29 is 8.42 Å². The summed E-state index contributed by atoms with van der Waals surface area (Å²) < 4.78 is 26.3. The molecule has 0 N–H and O–H groups in total. The molecule has 4 heteroatoms. The lowest BCUT2D eigenvalue weighted by molar-refractivity contribution is 0.597. The number of sulfone groups is 1. The third-order valence-electron chi connectivity index (χ3n) is 3.10. The molecule has 0 aliphatic carbocycles. The molecule has 1 aromatic heterocycles. The molecule has 0 spiro atoms. The first-order chi connectivity index (χ1) is 9.10. The molecule has 0 aliphatic rings. The smallest absolute Gasteiger partial charge is 0.208 e. The lowest BCUT2D eigenvalue weighted by Gasteiger charge is -2.03. The number of benzene rings is 2. The van der Waals surface area contributed by atoms with Crippen LogP contribution in [0.15, 0.2) is 63.7 Å². The van der Waals surface area contributed by atoms with E-state index in [9.17, 15) is 8.42 Å². The molecular formula is C15H12O2S2. The van der Waals surface area contributed by atoms with Gasteiger partial charge in [-0.2, -0.15) is 0 Å². The van der Waals surface area contributed by atoms with Gasteiger partial charge in [0.15, 0.2) is 0 Å². The summed E-state index contributed by atoms with van der Waals surface area (Å²) >= 11 is 1.48. The first kappa shape index (κ1) is 12.4. The quantitative estimate of drug-likeness (QED) is 0.713. The van der Waals surface area contributed by atoms with Crippen molar-refractivity contribution in [2.45, 2.75) is 16.7 Å². The van der Waals surface area contributed by atoms with Crippen LogP contribution < -0.4 is 0 Å². The summed E-state index contributed by atoms with van der Waals surface area (Å²) in [5.41, 5.74) is 1.11. The van der Waals surface area contributed by atoms with Crippen LogP contribution in [-0.2, 0) is 9.84 Å². The maximum absolute atomic E-state index is 12.6. The Hall–Kier alpha value is -1.65. The predicted molar refractivity (Wildman–Crippen MR) is 78.5 cm³/mol. The molecule has 3 rings (SSSR count). The highest BCUT2D eigenvalue weighted by molar-refractivity contribution is 7.92. The molecule has 0 radical (unpaired) electrons. The predicted octanol–water partition coefficient (Wildman–Crippen LogP) is 4.04. The van der Waals surface area contributed by atoms with E-state index in [0.29, 0.717) is 9.79 Å². The molecule has 0 aliphatic heterocycles. The Balaban J connectivity index is 2.29. The molecule has 96 valence electrons. The molecule has 0 bridgehead atoms. The minimum Gasteiger partial charge on any atom is -0.218 e. The zero-order chi connectivity index (χ0) is 13.5. The Kier molecular flexibility index (Phi) is 2.92. The van der Waals surface area contributed by atoms with Gasteiger partial charge in [0.2, 0.25) is 9.84 Å². The molecular weight excluding hydrogens is 276 g/mol. The minimum atomic E-state index is -3.43. The molecule has 0 fully saturated rings. The van der Waals surface area contributed by atoms with Crippen LogP contribution >= 0.6 is 11.3 Å². The molecule has 0 saturated carbocycles. The molecule has 1 heterocycles. The van der Waals surface area contributed by atoms with Gasteiger partial charge in [0, 0.05) is 15.5 Å². The van der Waals surface area contributed by atoms with E-state index >= 15 is 0 Å². The van der Waals surface area contributed by atoms with Gasteiger partial charge in [0.1, 0.15) is 0 Å². The number of hydrogen-bond acceptors (Lipinski definition) is 3. The molecule has 0 saturated heterocycles. The highest BCUT2D eigenvalue weighted by Gasteiger charge is 2.21. The van der Waals surface area contributed by atoms with E-state index in [1.54, 1.807) is 29.6 Å².